The minimum atomic E-state index is 0.215. The van der Waals surface area contributed by atoms with Crippen molar-refractivity contribution >= 4 is 5.91 Å². The lowest BCUT2D eigenvalue weighted by molar-refractivity contribution is -0.133. The number of benzene rings is 2. The van der Waals surface area contributed by atoms with E-state index < -0.39 is 0 Å². The summed E-state index contributed by atoms with van der Waals surface area (Å²) in [6.07, 6.45) is 2.04. The summed E-state index contributed by atoms with van der Waals surface area (Å²) in [6.45, 7) is 1.51. The molecule has 0 radical (unpaired) electrons. The summed E-state index contributed by atoms with van der Waals surface area (Å²) in [5.41, 5.74) is 2.22. The van der Waals surface area contributed by atoms with Crippen molar-refractivity contribution < 1.29 is 14.3 Å². The second-order valence-corrected chi connectivity index (χ2v) is 6.14. The number of carbonyl (C=O) groups is 1. The quantitative estimate of drug-likeness (QED) is 0.850. The van der Waals surface area contributed by atoms with Gasteiger partial charge in [0.05, 0.1) is 0 Å². The van der Waals surface area contributed by atoms with Crippen LogP contribution in [-0.2, 0) is 17.9 Å². The molecule has 4 nitrogen and oxygen atoms in total. The van der Waals surface area contributed by atoms with E-state index >= 15 is 0 Å². The number of carbonyl (C=O) groups excluding carboxylic acids is 1. The van der Waals surface area contributed by atoms with Gasteiger partial charge in [-0.05, 0) is 36.1 Å². The highest BCUT2D eigenvalue weighted by molar-refractivity contribution is 5.81. The molecule has 0 unspecified atom stereocenters. The van der Waals surface area contributed by atoms with Crippen LogP contribution >= 0.6 is 0 Å². The largest absolute Gasteiger partial charge is 0.454 e. The number of fused-ring (bicyclic) bond motifs is 1. The summed E-state index contributed by atoms with van der Waals surface area (Å²) in [7, 11) is 0. The molecule has 0 aromatic heterocycles. The fourth-order valence-corrected chi connectivity index (χ4v) is 2.86. The molecule has 1 aliphatic heterocycles. The number of rotatable bonds is 5. The maximum atomic E-state index is 12.6. The number of nitrogens with zero attached hydrogens (tertiary/aromatic N) is 1. The average molecular weight is 309 g/mol. The van der Waals surface area contributed by atoms with Crippen LogP contribution in [0.4, 0.5) is 0 Å². The molecule has 1 amide bonds. The van der Waals surface area contributed by atoms with Crippen molar-refractivity contribution in [2.45, 2.75) is 25.9 Å². The Morgan fingerprint density at radius 1 is 0.957 bits per heavy atom. The molecular weight excluding hydrogens is 290 g/mol. The molecular formula is C19H19NO3. The van der Waals surface area contributed by atoms with Crippen LogP contribution in [0.1, 0.15) is 24.0 Å². The molecule has 4 rings (SSSR count). The van der Waals surface area contributed by atoms with E-state index in [4.69, 9.17) is 9.47 Å². The molecule has 0 bridgehead atoms. The topological polar surface area (TPSA) is 38.8 Å². The normalized spacial score (nSPS) is 15.5. The number of hydrogen-bond donors (Lipinski definition) is 0. The van der Waals surface area contributed by atoms with Crippen LogP contribution in [0.2, 0.25) is 0 Å². The monoisotopic (exact) mass is 309 g/mol. The van der Waals surface area contributed by atoms with E-state index in [9.17, 15) is 4.79 Å². The fourth-order valence-electron chi connectivity index (χ4n) is 2.86. The molecule has 2 aromatic carbocycles. The van der Waals surface area contributed by atoms with Gasteiger partial charge in [0.25, 0.3) is 0 Å². The van der Waals surface area contributed by atoms with Crippen molar-refractivity contribution in [3.05, 3.63) is 59.7 Å². The summed E-state index contributed by atoms with van der Waals surface area (Å²) in [5, 5.41) is 0. The lowest BCUT2D eigenvalue weighted by atomic mass is 10.1. The molecule has 0 saturated heterocycles. The molecule has 1 aliphatic carbocycles. The first-order valence-electron chi connectivity index (χ1n) is 8.01. The van der Waals surface area contributed by atoms with E-state index in [0.29, 0.717) is 13.1 Å². The molecule has 0 atom stereocenters. The standard InChI is InChI=1S/C19H19NO3/c21-19(16-7-8-16)20(11-14-4-2-1-3-5-14)12-15-6-9-17-18(10-15)23-13-22-17/h1-6,9-10,16H,7-8,11-13H2. The van der Waals surface area contributed by atoms with E-state index in [0.717, 1.165) is 35.5 Å². The van der Waals surface area contributed by atoms with Gasteiger partial charge in [-0.2, -0.15) is 0 Å². The van der Waals surface area contributed by atoms with Crippen LogP contribution in [-0.4, -0.2) is 17.6 Å². The molecule has 2 aliphatic rings. The maximum absolute atomic E-state index is 12.6. The zero-order valence-corrected chi connectivity index (χ0v) is 12.9. The van der Waals surface area contributed by atoms with Gasteiger partial charge in [0, 0.05) is 19.0 Å². The van der Waals surface area contributed by atoms with Crippen molar-refractivity contribution in [1.82, 2.24) is 4.90 Å². The first kappa shape index (κ1) is 14.1. The van der Waals surface area contributed by atoms with Gasteiger partial charge in [0.15, 0.2) is 11.5 Å². The van der Waals surface area contributed by atoms with Gasteiger partial charge in [-0.15, -0.1) is 0 Å². The summed E-state index contributed by atoms with van der Waals surface area (Å²) >= 11 is 0. The second-order valence-electron chi connectivity index (χ2n) is 6.14. The molecule has 118 valence electrons. The third-order valence-electron chi connectivity index (χ3n) is 4.26. The Morgan fingerprint density at radius 2 is 1.70 bits per heavy atom. The Balaban J connectivity index is 1.54. The van der Waals surface area contributed by atoms with Crippen LogP contribution in [0.5, 0.6) is 11.5 Å². The fraction of sp³-hybridized carbons (Fsp3) is 0.316. The molecule has 0 N–H and O–H groups in total. The molecule has 0 spiro atoms. The average Bonchev–Trinajstić information content (AvgIpc) is 3.32. The van der Waals surface area contributed by atoms with Crippen molar-refractivity contribution in [2.24, 2.45) is 5.92 Å². The highest BCUT2D eigenvalue weighted by Gasteiger charge is 2.33. The van der Waals surface area contributed by atoms with E-state index in [-0.39, 0.29) is 18.6 Å². The molecule has 2 aromatic rings. The number of hydrogen-bond acceptors (Lipinski definition) is 3. The Kier molecular flexibility index (Phi) is 3.66. The van der Waals surface area contributed by atoms with Gasteiger partial charge in [-0.25, -0.2) is 0 Å². The Morgan fingerprint density at radius 3 is 2.48 bits per heavy atom. The van der Waals surface area contributed by atoms with Crippen LogP contribution in [0.25, 0.3) is 0 Å². The Labute approximate surface area is 135 Å². The zero-order chi connectivity index (χ0) is 15.6. The third kappa shape index (κ3) is 3.16. The van der Waals surface area contributed by atoms with Crippen LogP contribution in [0.15, 0.2) is 48.5 Å². The summed E-state index contributed by atoms with van der Waals surface area (Å²) in [5.74, 6) is 2.01. The minimum Gasteiger partial charge on any atom is -0.454 e. The summed E-state index contributed by atoms with van der Waals surface area (Å²) in [6, 6.07) is 16.0. The zero-order valence-electron chi connectivity index (χ0n) is 12.9. The predicted octanol–water partition coefficient (Wildman–Crippen LogP) is 3.35. The van der Waals surface area contributed by atoms with Crippen LogP contribution in [0, 0.1) is 5.92 Å². The van der Waals surface area contributed by atoms with E-state index in [2.05, 4.69) is 12.1 Å². The third-order valence-corrected chi connectivity index (χ3v) is 4.26. The van der Waals surface area contributed by atoms with Gasteiger partial charge in [0.1, 0.15) is 0 Å². The molecule has 23 heavy (non-hydrogen) atoms. The van der Waals surface area contributed by atoms with Crippen LogP contribution in [0.3, 0.4) is 0 Å². The SMILES string of the molecule is O=C(C1CC1)N(Cc1ccccc1)Cc1ccc2c(c1)OCO2. The van der Waals surface area contributed by atoms with Crippen LogP contribution < -0.4 is 9.47 Å². The lowest BCUT2D eigenvalue weighted by Crippen LogP contribution is -2.31. The van der Waals surface area contributed by atoms with Crippen molar-refractivity contribution in [3.63, 3.8) is 0 Å². The molecule has 1 saturated carbocycles. The van der Waals surface area contributed by atoms with Gasteiger partial charge in [-0.3, -0.25) is 4.79 Å². The lowest BCUT2D eigenvalue weighted by Gasteiger charge is -2.23. The Bertz CT molecular complexity index is 710. The van der Waals surface area contributed by atoms with E-state index in [1.54, 1.807) is 0 Å². The second kappa shape index (κ2) is 5.95. The van der Waals surface area contributed by atoms with E-state index in [1.807, 2.05) is 41.3 Å². The highest BCUT2D eigenvalue weighted by Crippen LogP contribution is 2.35. The van der Waals surface area contributed by atoms with Gasteiger partial charge in [0.2, 0.25) is 12.7 Å². The smallest absolute Gasteiger partial charge is 0.231 e. The van der Waals surface area contributed by atoms with Crippen molar-refractivity contribution in [1.29, 1.82) is 0 Å². The number of ether oxygens (including phenoxy) is 2. The highest BCUT2D eigenvalue weighted by atomic mass is 16.7. The predicted molar refractivity (Wildman–Crippen MR) is 86.0 cm³/mol. The maximum Gasteiger partial charge on any atom is 0.231 e. The number of amides is 1. The summed E-state index contributed by atoms with van der Waals surface area (Å²) in [4.78, 5) is 14.6. The van der Waals surface area contributed by atoms with Crippen molar-refractivity contribution in [2.75, 3.05) is 6.79 Å². The Hall–Kier alpha value is -2.49. The van der Waals surface area contributed by atoms with E-state index in [1.165, 1.54) is 0 Å². The van der Waals surface area contributed by atoms with Crippen molar-refractivity contribution in [3.8, 4) is 11.5 Å². The molecule has 1 fully saturated rings. The molecule has 4 heteroatoms. The molecule has 1 heterocycles. The first-order valence-corrected chi connectivity index (χ1v) is 8.01. The van der Waals surface area contributed by atoms with Gasteiger partial charge >= 0.3 is 0 Å². The van der Waals surface area contributed by atoms with Gasteiger partial charge in [-0.1, -0.05) is 36.4 Å². The first-order chi connectivity index (χ1) is 11.3. The van der Waals surface area contributed by atoms with Gasteiger partial charge < -0.3 is 14.4 Å². The minimum absolute atomic E-state index is 0.215. The summed E-state index contributed by atoms with van der Waals surface area (Å²) < 4.78 is 10.8.